The van der Waals surface area contributed by atoms with Crippen LogP contribution in [0.3, 0.4) is 0 Å². The molecule has 2 aromatic rings. The van der Waals surface area contributed by atoms with Crippen LogP contribution < -0.4 is 14.8 Å². The Kier molecular flexibility index (Phi) is 8.13. The van der Waals surface area contributed by atoms with Crippen molar-refractivity contribution < 1.29 is 14.3 Å². The van der Waals surface area contributed by atoms with Gasteiger partial charge in [-0.2, -0.15) is 5.10 Å². The first kappa shape index (κ1) is 22.2. The van der Waals surface area contributed by atoms with E-state index in [1.807, 2.05) is 29.1 Å². The molecular weight excluding hydrogens is 380 g/mol. The quantitative estimate of drug-likeness (QED) is 0.646. The molecule has 1 unspecified atom stereocenters. The Morgan fingerprint density at radius 3 is 2.90 bits per heavy atom. The van der Waals surface area contributed by atoms with Crippen molar-refractivity contribution in [3.8, 4) is 11.5 Å². The molecule has 0 bridgehead atoms. The summed E-state index contributed by atoms with van der Waals surface area (Å²) >= 11 is 0. The van der Waals surface area contributed by atoms with Crippen LogP contribution >= 0.6 is 0 Å². The first-order valence-corrected chi connectivity index (χ1v) is 10.8. The molecule has 0 saturated carbocycles. The van der Waals surface area contributed by atoms with Crippen LogP contribution in [0.15, 0.2) is 30.6 Å². The summed E-state index contributed by atoms with van der Waals surface area (Å²) in [4.78, 5) is 14.9. The summed E-state index contributed by atoms with van der Waals surface area (Å²) in [6.45, 7) is 6.59. The van der Waals surface area contributed by atoms with Crippen LogP contribution in [0, 0.1) is 5.92 Å². The molecule has 7 heteroatoms. The fourth-order valence-electron chi connectivity index (χ4n) is 4.07. The number of carbonyl (C=O) groups is 1. The summed E-state index contributed by atoms with van der Waals surface area (Å²) < 4.78 is 12.6. The molecule has 1 aromatic carbocycles. The Bertz CT molecular complexity index is 821. The molecule has 0 aliphatic carbocycles. The van der Waals surface area contributed by atoms with Gasteiger partial charge in [0.05, 0.1) is 20.4 Å². The van der Waals surface area contributed by atoms with Gasteiger partial charge in [-0.15, -0.1) is 0 Å². The second kappa shape index (κ2) is 11.0. The Hall–Kier alpha value is -2.54. The standard InChI is InChI=1S/C23H34N4O3/c1-4-27-17-19(13-25-27)16-26-11-5-6-18(15-26)7-10-23(28)24-14-20-8-9-21(29-2)12-22(20)30-3/h8-9,12-13,17-18H,4-7,10-11,14-16H2,1-3H3,(H,24,28). The van der Waals surface area contributed by atoms with Crippen molar-refractivity contribution >= 4 is 5.91 Å². The molecule has 164 valence electrons. The topological polar surface area (TPSA) is 68.6 Å². The first-order chi connectivity index (χ1) is 14.6. The predicted molar refractivity (Wildman–Crippen MR) is 117 cm³/mol. The van der Waals surface area contributed by atoms with Crippen LogP contribution in [0.5, 0.6) is 11.5 Å². The van der Waals surface area contributed by atoms with E-state index in [1.165, 1.54) is 18.4 Å². The third kappa shape index (κ3) is 6.23. The van der Waals surface area contributed by atoms with E-state index in [0.29, 0.717) is 18.9 Å². The highest BCUT2D eigenvalue weighted by atomic mass is 16.5. The van der Waals surface area contributed by atoms with Gasteiger partial charge in [-0.1, -0.05) is 0 Å². The number of piperidine rings is 1. The molecule has 1 aliphatic heterocycles. The summed E-state index contributed by atoms with van der Waals surface area (Å²) in [6.07, 6.45) is 7.97. The number of nitrogens with one attached hydrogen (secondary N) is 1. The molecule has 0 spiro atoms. The van der Waals surface area contributed by atoms with Crippen molar-refractivity contribution in [1.82, 2.24) is 20.0 Å². The number of aromatic nitrogens is 2. The van der Waals surface area contributed by atoms with E-state index in [-0.39, 0.29) is 5.91 Å². The lowest BCUT2D eigenvalue weighted by Gasteiger charge is -2.32. The lowest BCUT2D eigenvalue weighted by Crippen LogP contribution is -2.35. The van der Waals surface area contributed by atoms with E-state index >= 15 is 0 Å². The van der Waals surface area contributed by atoms with Gasteiger partial charge in [0.25, 0.3) is 0 Å². The highest BCUT2D eigenvalue weighted by Gasteiger charge is 2.21. The summed E-state index contributed by atoms with van der Waals surface area (Å²) in [5, 5.41) is 7.39. The Balaban J connectivity index is 1.42. The molecule has 3 rings (SSSR count). The minimum Gasteiger partial charge on any atom is -0.497 e. The number of hydrogen-bond donors (Lipinski definition) is 1. The average molecular weight is 415 g/mol. The third-order valence-corrected chi connectivity index (χ3v) is 5.77. The van der Waals surface area contributed by atoms with Crippen LogP contribution in [0.4, 0.5) is 0 Å². The molecule has 0 radical (unpaired) electrons. The Morgan fingerprint density at radius 1 is 1.30 bits per heavy atom. The van der Waals surface area contributed by atoms with E-state index in [1.54, 1.807) is 14.2 Å². The summed E-state index contributed by atoms with van der Waals surface area (Å²) in [5.74, 6) is 2.13. The van der Waals surface area contributed by atoms with Gasteiger partial charge in [0.1, 0.15) is 11.5 Å². The second-order valence-electron chi connectivity index (χ2n) is 7.94. The fraction of sp³-hybridized carbons (Fsp3) is 0.565. The van der Waals surface area contributed by atoms with E-state index < -0.39 is 0 Å². The van der Waals surface area contributed by atoms with Gasteiger partial charge in [0, 0.05) is 56.0 Å². The molecule has 7 nitrogen and oxygen atoms in total. The predicted octanol–water partition coefficient (Wildman–Crippen LogP) is 3.23. The Morgan fingerprint density at radius 2 is 2.17 bits per heavy atom. The smallest absolute Gasteiger partial charge is 0.220 e. The number of aryl methyl sites for hydroxylation is 1. The molecule has 30 heavy (non-hydrogen) atoms. The van der Waals surface area contributed by atoms with Gasteiger partial charge in [0.15, 0.2) is 0 Å². The van der Waals surface area contributed by atoms with Crippen molar-refractivity contribution in [2.45, 2.75) is 52.2 Å². The van der Waals surface area contributed by atoms with Crippen molar-refractivity contribution in [3.63, 3.8) is 0 Å². The van der Waals surface area contributed by atoms with Crippen molar-refractivity contribution in [2.75, 3.05) is 27.3 Å². The van der Waals surface area contributed by atoms with Crippen molar-refractivity contribution in [2.24, 2.45) is 5.92 Å². The molecule has 1 N–H and O–H groups in total. The Labute approximate surface area is 179 Å². The first-order valence-electron chi connectivity index (χ1n) is 10.8. The summed E-state index contributed by atoms with van der Waals surface area (Å²) in [5.41, 5.74) is 2.21. The minimum atomic E-state index is 0.0919. The number of ether oxygens (including phenoxy) is 2. The number of hydrogen-bond acceptors (Lipinski definition) is 5. The minimum absolute atomic E-state index is 0.0919. The fourth-order valence-corrected chi connectivity index (χ4v) is 4.07. The average Bonchev–Trinajstić information content (AvgIpc) is 3.23. The highest BCUT2D eigenvalue weighted by Crippen LogP contribution is 2.25. The van der Waals surface area contributed by atoms with Gasteiger partial charge < -0.3 is 14.8 Å². The number of likely N-dealkylation sites (tertiary alicyclic amines) is 1. The normalized spacial score (nSPS) is 17.0. The number of nitrogens with zero attached hydrogens (tertiary/aromatic N) is 3. The molecule has 2 heterocycles. The van der Waals surface area contributed by atoms with Crippen molar-refractivity contribution in [3.05, 3.63) is 41.7 Å². The number of methoxy groups -OCH3 is 2. The van der Waals surface area contributed by atoms with Crippen LogP contribution in [-0.4, -0.2) is 47.9 Å². The van der Waals surface area contributed by atoms with E-state index in [2.05, 4.69) is 28.4 Å². The number of amides is 1. The zero-order valence-corrected chi connectivity index (χ0v) is 18.4. The molecule has 1 fully saturated rings. The maximum Gasteiger partial charge on any atom is 0.220 e. The molecule has 1 amide bonds. The molecule has 1 aliphatic rings. The van der Waals surface area contributed by atoms with Crippen LogP contribution in [-0.2, 0) is 24.4 Å². The maximum absolute atomic E-state index is 12.4. The third-order valence-electron chi connectivity index (χ3n) is 5.77. The van der Waals surface area contributed by atoms with E-state index in [9.17, 15) is 4.79 Å². The lowest BCUT2D eigenvalue weighted by atomic mass is 9.93. The van der Waals surface area contributed by atoms with Gasteiger partial charge in [-0.3, -0.25) is 14.4 Å². The zero-order chi connectivity index (χ0) is 21.3. The maximum atomic E-state index is 12.4. The monoisotopic (exact) mass is 414 g/mol. The number of rotatable bonds is 10. The molecule has 1 saturated heterocycles. The number of benzene rings is 1. The largest absolute Gasteiger partial charge is 0.497 e. The van der Waals surface area contributed by atoms with Gasteiger partial charge >= 0.3 is 0 Å². The van der Waals surface area contributed by atoms with Crippen molar-refractivity contribution in [1.29, 1.82) is 0 Å². The SMILES string of the molecule is CCn1cc(CN2CCCC(CCC(=O)NCc3ccc(OC)cc3OC)C2)cn1. The molecule has 1 aromatic heterocycles. The number of carbonyl (C=O) groups excluding carboxylic acids is 1. The second-order valence-corrected chi connectivity index (χ2v) is 7.94. The summed E-state index contributed by atoms with van der Waals surface area (Å²) in [7, 11) is 3.25. The molecular formula is C23H34N4O3. The van der Waals surface area contributed by atoms with E-state index in [4.69, 9.17) is 9.47 Å². The van der Waals surface area contributed by atoms with Gasteiger partial charge in [0.2, 0.25) is 5.91 Å². The van der Waals surface area contributed by atoms with Gasteiger partial charge in [-0.05, 0) is 50.8 Å². The molecule has 1 atom stereocenters. The van der Waals surface area contributed by atoms with Gasteiger partial charge in [-0.25, -0.2) is 0 Å². The highest BCUT2D eigenvalue weighted by molar-refractivity contribution is 5.75. The van der Waals surface area contributed by atoms with E-state index in [0.717, 1.165) is 49.7 Å². The zero-order valence-electron chi connectivity index (χ0n) is 18.4. The van der Waals surface area contributed by atoms with Crippen LogP contribution in [0.1, 0.15) is 43.7 Å². The van der Waals surface area contributed by atoms with Crippen LogP contribution in [0.25, 0.3) is 0 Å². The van der Waals surface area contributed by atoms with Crippen LogP contribution in [0.2, 0.25) is 0 Å². The summed E-state index contributed by atoms with van der Waals surface area (Å²) in [6, 6.07) is 5.64. The lowest BCUT2D eigenvalue weighted by molar-refractivity contribution is -0.121.